The maximum Gasteiger partial charge on any atom is 0.307 e. The van der Waals surface area contributed by atoms with E-state index in [1.54, 1.807) is 30.3 Å². The van der Waals surface area contributed by atoms with Crippen LogP contribution in [0.2, 0.25) is 5.02 Å². The van der Waals surface area contributed by atoms with Crippen molar-refractivity contribution in [1.82, 2.24) is 15.6 Å². The number of ether oxygens (including phenoxy) is 1. The second-order valence-corrected chi connectivity index (χ2v) is 7.55. The maximum atomic E-state index is 14.1. The van der Waals surface area contributed by atoms with Gasteiger partial charge in [-0.05, 0) is 34.5 Å². The summed E-state index contributed by atoms with van der Waals surface area (Å²) in [5.74, 6) is -2.69. The zero-order chi connectivity index (χ0) is 23.3. The highest BCUT2D eigenvalue weighted by Gasteiger charge is 2.21. The molecule has 168 valence electrons. The number of nitrogens with one attached hydrogen (secondary N) is 1. The van der Waals surface area contributed by atoms with Crippen LogP contribution in [-0.4, -0.2) is 40.8 Å². The predicted molar refractivity (Wildman–Crippen MR) is 115 cm³/mol. The molecule has 2 N–H and O–H groups in total. The normalized spacial score (nSPS) is 11.9. The zero-order valence-corrected chi connectivity index (χ0v) is 18.1. The summed E-state index contributed by atoms with van der Waals surface area (Å²) in [6.45, 7) is 1.77. The first kappa shape index (κ1) is 23.2. The van der Waals surface area contributed by atoms with Crippen LogP contribution in [0.25, 0.3) is 11.1 Å². The van der Waals surface area contributed by atoms with Gasteiger partial charge in [-0.15, -0.1) is 0 Å². The number of hydrogen-bond acceptors (Lipinski definition) is 6. The third-order valence-electron chi connectivity index (χ3n) is 4.66. The average Bonchev–Trinajstić information content (AvgIpc) is 3.25. The van der Waals surface area contributed by atoms with Crippen LogP contribution in [-0.2, 0) is 11.3 Å². The SMILES string of the molecule is COc1cc(C(=O)NN(Cc2ccc(-c3cc(Cl)ccc3F)cc2)C[C@@H](C)C(=O)O)on1. The van der Waals surface area contributed by atoms with Gasteiger partial charge in [0, 0.05) is 23.7 Å². The lowest BCUT2D eigenvalue weighted by Gasteiger charge is -2.24. The molecule has 0 aliphatic carbocycles. The zero-order valence-electron chi connectivity index (χ0n) is 17.3. The maximum absolute atomic E-state index is 14.1. The largest absolute Gasteiger partial charge is 0.481 e. The molecule has 1 atom stereocenters. The van der Waals surface area contributed by atoms with E-state index in [1.165, 1.54) is 37.2 Å². The molecule has 32 heavy (non-hydrogen) atoms. The molecule has 0 radical (unpaired) electrons. The molecule has 0 saturated heterocycles. The standard InChI is InChI=1S/C22H21ClFN3O5/c1-13(22(29)30)11-27(25-21(28)19-10-20(31-2)26-32-19)12-14-3-5-15(6-4-14)17-9-16(23)7-8-18(17)24/h3-10,13H,11-12H2,1-2H3,(H,25,28)(H,29,30)/t13-/m1/s1. The molecule has 0 saturated carbocycles. The number of amides is 1. The Labute approximate surface area is 188 Å². The lowest BCUT2D eigenvalue weighted by atomic mass is 10.0. The van der Waals surface area contributed by atoms with Crippen LogP contribution in [0.1, 0.15) is 23.0 Å². The molecule has 0 fully saturated rings. The van der Waals surface area contributed by atoms with E-state index in [-0.39, 0.29) is 24.7 Å². The highest BCUT2D eigenvalue weighted by molar-refractivity contribution is 6.30. The lowest BCUT2D eigenvalue weighted by Crippen LogP contribution is -2.45. The number of aliphatic carboxylic acids is 1. The average molecular weight is 462 g/mol. The van der Waals surface area contributed by atoms with Crippen molar-refractivity contribution in [2.24, 2.45) is 5.92 Å². The van der Waals surface area contributed by atoms with Crippen LogP contribution in [0.4, 0.5) is 4.39 Å². The number of halogens is 2. The Balaban J connectivity index is 1.77. The first-order chi connectivity index (χ1) is 15.3. The number of benzene rings is 2. The predicted octanol–water partition coefficient (Wildman–Crippen LogP) is 4.01. The Bertz CT molecular complexity index is 1100. The van der Waals surface area contributed by atoms with Crippen LogP contribution in [0, 0.1) is 11.7 Å². The first-order valence-electron chi connectivity index (χ1n) is 9.60. The van der Waals surface area contributed by atoms with Crippen molar-refractivity contribution in [2.75, 3.05) is 13.7 Å². The van der Waals surface area contributed by atoms with Crippen molar-refractivity contribution in [1.29, 1.82) is 0 Å². The summed E-state index contributed by atoms with van der Waals surface area (Å²) in [4.78, 5) is 23.8. The first-order valence-corrected chi connectivity index (χ1v) is 9.98. The van der Waals surface area contributed by atoms with Crippen molar-refractivity contribution in [3.63, 3.8) is 0 Å². The number of nitrogens with zero attached hydrogens (tertiary/aromatic N) is 2. The summed E-state index contributed by atoms with van der Waals surface area (Å²) < 4.78 is 23.9. The molecule has 1 heterocycles. The molecular weight excluding hydrogens is 441 g/mol. The molecule has 3 aromatic rings. The third kappa shape index (κ3) is 5.83. The second-order valence-electron chi connectivity index (χ2n) is 7.12. The molecule has 1 amide bonds. The van der Waals surface area contributed by atoms with E-state index in [4.69, 9.17) is 20.9 Å². The van der Waals surface area contributed by atoms with Crippen molar-refractivity contribution in [3.8, 4) is 17.0 Å². The number of carboxylic acids is 1. The molecule has 2 aromatic carbocycles. The smallest absolute Gasteiger partial charge is 0.307 e. The summed E-state index contributed by atoms with van der Waals surface area (Å²) in [7, 11) is 1.39. The van der Waals surface area contributed by atoms with Gasteiger partial charge in [-0.25, -0.2) is 9.40 Å². The van der Waals surface area contributed by atoms with Crippen molar-refractivity contribution >= 4 is 23.5 Å². The Morgan fingerprint density at radius 3 is 2.59 bits per heavy atom. The molecule has 0 aliphatic heterocycles. The van der Waals surface area contributed by atoms with E-state index in [9.17, 15) is 19.1 Å². The Morgan fingerprint density at radius 1 is 1.25 bits per heavy atom. The molecule has 10 heteroatoms. The minimum atomic E-state index is -1.00. The van der Waals surface area contributed by atoms with Crippen LogP contribution in [0.15, 0.2) is 53.1 Å². The number of hydrogen-bond donors (Lipinski definition) is 2. The van der Waals surface area contributed by atoms with Gasteiger partial charge in [-0.3, -0.25) is 15.0 Å². The van der Waals surface area contributed by atoms with Gasteiger partial charge in [0.25, 0.3) is 5.88 Å². The van der Waals surface area contributed by atoms with Crippen LogP contribution >= 0.6 is 11.6 Å². The van der Waals surface area contributed by atoms with Gasteiger partial charge in [0.05, 0.1) is 19.1 Å². The highest BCUT2D eigenvalue weighted by Crippen LogP contribution is 2.26. The number of hydrazine groups is 1. The van der Waals surface area contributed by atoms with E-state index in [1.807, 2.05) is 0 Å². The quantitative estimate of drug-likeness (QED) is 0.464. The fourth-order valence-corrected chi connectivity index (χ4v) is 3.12. The van der Waals surface area contributed by atoms with Crippen LogP contribution < -0.4 is 10.2 Å². The molecule has 0 spiro atoms. The number of carboxylic acid groups (broad SMARTS) is 1. The van der Waals surface area contributed by atoms with Crippen molar-refractivity contribution in [3.05, 3.63) is 70.7 Å². The lowest BCUT2D eigenvalue weighted by molar-refractivity contribution is -0.142. The summed E-state index contributed by atoms with van der Waals surface area (Å²) in [5.41, 5.74) is 4.40. The molecule has 8 nitrogen and oxygen atoms in total. The molecule has 3 rings (SSSR count). The minimum absolute atomic E-state index is 0.0387. The Hall–Kier alpha value is -3.43. The monoisotopic (exact) mass is 461 g/mol. The minimum Gasteiger partial charge on any atom is -0.481 e. The van der Waals surface area contributed by atoms with E-state index in [0.717, 1.165) is 5.56 Å². The third-order valence-corrected chi connectivity index (χ3v) is 4.90. The molecule has 0 bridgehead atoms. The fourth-order valence-electron chi connectivity index (χ4n) is 2.95. The Kier molecular flexibility index (Phi) is 7.45. The molecule has 0 aliphatic rings. The fraction of sp³-hybridized carbons (Fsp3) is 0.227. The van der Waals surface area contributed by atoms with E-state index >= 15 is 0 Å². The Morgan fingerprint density at radius 2 is 1.97 bits per heavy atom. The number of methoxy groups -OCH3 is 1. The highest BCUT2D eigenvalue weighted by atomic mass is 35.5. The van der Waals surface area contributed by atoms with Crippen molar-refractivity contribution in [2.45, 2.75) is 13.5 Å². The van der Waals surface area contributed by atoms with E-state index < -0.39 is 23.6 Å². The molecule has 1 aromatic heterocycles. The van der Waals surface area contributed by atoms with Gasteiger partial charge >= 0.3 is 11.9 Å². The number of rotatable bonds is 9. The van der Waals surface area contributed by atoms with Crippen LogP contribution in [0.3, 0.4) is 0 Å². The summed E-state index contributed by atoms with van der Waals surface area (Å²) in [6, 6.07) is 12.6. The number of carbonyl (C=O) groups excluding carboxylic acids is 1. The summed E-state index contributed by atoms with van der Waals surface area (Å²) >= 11 is 5.97. The number of carbonyl (C=O) groups is 2. The number of aromatic nitrogens is 1. The second kappa shape index (κ2) is 10.3. The summed E-state index contributed by atoms with van der Waals surface area (Å²) in [6.07, 6.45) is 0. The van der Waals surface area contributed by atoms with Crippen molar-refractivity contribution < 1.29 is 28.3 Å². The van der Waals surface area contributed by atoms with Gasteiger partial charge in [-0.1, -0.05) is 42.8 Å². The van der Waals surface area contributed by atoms with Gasteiger partial charge in [0.15, 0.2) is 0 Å². The molecular formula is C22H21ClFN3O5. The van der Waals surface area contributed by atoms with Crippen LogP contribution in [0.5, 0.6) is 5.88 Å². The van der Waals surface area contributed by atoms with Gasteiger partial charge in [-0.2, -0.15) is 0 Å². The summed E-state index contributed by atoms with van der Waals surface area (Å²) in [5, 5.41) is 14.7. The van der Waals surface area contributed by atoms with E-state index in [0.29, 0.717) is 16.1 Å². The van der Waals surface area contributed by atoms with Gasteiger partial charge in [0.1, 0.15) is 5.82 Å². The van der Waals surface area contributed by atoms with Gasteiger partial charge < -0.3 is 14.4 Å². The van der Waals surface area contributed by atoms with E-state index in [2.05, 4.69) is 10.6 Å². The topological polar surface area (TPSA) is 105 Å². The molecule has 0 unspecified atom stereocenters. The van der Waals surface area contributed by atoms with Gasteiger partial charge in [0.2, 0.25) is 5.76 Å².